The predicted molar refractivity (Wildman–Crippen MR) is 93.8 cm³/mol. The van der Waals surface area contributed by atoms with Crippen LogP contribution in [0.4, 0.5) is 0 Å². The number of para-hydroxylation sites is 1. The third-order valence-electron chi connectivity index (χ3n) is 3.71. The first-order valence-corrected chi connectivity index (χ1v) is 8.14. The summed E-state index contributed by atoms with van der Waals surface area (Å²) < 4.78 is 10.8. The SMILES string of the molecule is O=C(Cc1ccccc1)NCCC(=O)OCc1cc2ccccc2o1. The van der Waals surface area contributed by atoms with E-state index in [4.69, 9.17) is 9.15 Å². The van der Waals surface area contributed by atoms with Crippen LogP contribution in [0.5, 0.6) is 0 Å². The number of benzene rings is 2. The summed E-state index contributed by atoms with van der Waals surface area (Å²) in [6.45, 7) is 0.343. The fourth-order valence-corrected chi connectivity index (χ4v) is 2.48. The van der Waals surface area contributed by atoms with Crippen LogP contribution in [0.1, 0.15) is 17.7 Å². The largest absolute Gasteiger partial charge is 0.457 e. The molecule has 1 N–H and O–H groups in total. The van der Waals surface area contributed by atoms with Gasteiger partial charge >= 0.3 is 5.97 Å². The van der Waals surface area contributed by atoms with Crippen LogP contribution < -0.4 is 5.32 Å². The zero-order chi connectivity index (χ0) is 17.5. The van der Waals surface area contributed by atoms with Gasteiger partial charge in [-0.2, -0.15) is 0 Å². The van der Waals surface area contributed by atoms with Crippen molar-refractivity contribution in [3.8, 4) is 0 Å². The molecule has 1 amide bonds. The molecule has 0 bridgehead atoms. The second kappa shape index (κ2) is 8.15. The van der Waals surface area contributed by atoms with Crippen LogP contribution in [-0.2, 0) is 27.4 Å². The Morgan fingerprint density at radius 2 is 1.76 bits per heavy atom. The summed E-state index contributed by atoms with van der Waals surface area (Å²) in [6.07, 6.45) is 0.426. The van der Waals surface area contributed by atoms with Crippen LogP contribution in [0.3, 0.4) is 0 Å². The first-order chi connectivity index (χ1) is 12.2. The molecular weight excluding hydrogens is 318 g/mol. The van der Waals surface area contributed by atoms with Gasteiger partial charge in [-0.15, -0.1) is 0 Å². The number of furan rings is 1. The number of hydrogen-bond donors (Lipinski definition) is 1. The Hall–Kier alpha value is -3.08. The average Bonchev–Trinajstić information content (AvgIpc) is 3.04. The summed E-state index contributed by atoms with van der Waals surface area (Å²) in [7, 11) is 0. The first-order valence-electron chi connectivity index (χ1n) is 8.14. The highest BCUT2D eigenvalue weighted by Crippen LogP contribution is 2.19. The van der Waals surface area contributed by atoms with E-state index in [1.807, 2.05) is 60.7 Å². The van der Waals surface area contributed by atoms with Crippen molar-refractivity contribution in [3.63, 3.8) is 0 Å². The van der Waals surface area contributed by atoms with Crippen molar-refractivity contribution in [1.82, 2.24) is 5.32 Å². The van der Waals surface area contributed by atoms with E-state index in [-0.39, 0.29) is 31.4 Å². The number of carbonyl (C=O) groups excluding carboxylic acids is 2. The van der Waals surface area contributed by atoms with Gasteiger partial charge in [0.1, 0.15) is 18.0 Å². The molecule has 1 heterocycles. The molecule has 0 fully saturated rings. The van der Waals surface area contributed by atoms with Gasteiger partial charge in [0.15, 0.2) is 0 Å². The molecular formula is C20H19NO4. The second-order valence-electron chi connectivity index (χ2n) is 5.67. The number of nitrogens with one attached hydrogen (secondary N) is 1. The van der Waals surface area contributed by atoms with Gasteiger partial charge in [-0.25, -0.2) is 0 Å². The van der Waals surface area contributed by atoms with E-state index >= 15 is 0 Å². The summed E-state index contributed by atoms with van der Waals surface area (Å²) in [5, 5.41) is 3.69. The molecule has 128 valence electrons. The fourth-order valence-electron chi connectivity index (χ4n) is 2.48. The van der Waals surface area contributed by atoms with Gasteiger partial charge in [0, 0.05) is 11.9 Å². The van der Waals surface area contributed by atoms with E-state index in [2.05, 4.69) is 5.32 Å². The number of ether oxygens (including phenoxy) is 1. The molecule has 5 heteroatoms. The summed E-state index contributed by atoms with van der Waals surface area (Å²) in [5.74, 6) is 0.111. The molecule has 0 aliphatic heterocycles. The van der Waals surface area contributed by atoms with E-state index in [0.29, 0.717) is 12.2 Å². The molecule has 3 aromatic rings. The lowest BCUT2D eigenvalue weighted by Crippen LogP contribution is -2.27. The van der Waals surface area contributed by atoms with Gasteiger partial charge in [0.25, 0.3) is 0 Å². The van der Waals surface area contributed by atoms with Crippen LogP contribution in [-0.4, -0.2) is 18.4 Å². The number of carbonyl (C=O) groups is 2. The predicted octanol–water partition coefficient (Wildman–Crippen LogP) is 3.23. The molecule has 3 rings (SSSR count). The van der Waals surface area contributed by atoms with Crippen LogP contribution in [0, 0.1) is 0 Å². The van der Waals surface area contributed by atoms with Crippen molar-refractivity contribution in [1.29, 1.82) is 0 Å². The third-order valence-corrected chi connectivity index (χ3v) is 3.71. The standard InChI is InChI=1S/C20H19NO4/c22-19(12-15-6-2-1-3-7-15)21-11-10-20(23)24-14-17-13-16-8-4-5-9-18(16)25-17/h1-9,13H,10-12,14H2,(H,21,22). The molecule has 5 nitrogen and oxygen atoms in total. The maximum absolute atomic E-state index is 11.8. The Bertz CT molecular complexity index is 821. The zero-order valence-electron chi connectivity index (χ0n) is 13.7. The van der Waals surface area contributed by atoms with Crippen molar-refractivity contribution in [3.05, 3.63) is 72.0 Å². The lowest BCUT2D eigenvalue weighted by molar-refractivity contribution is -0.145. The lowest BCUT2D eigenvalue weighted by atomic mass is 10.1. The lowest BCUT2D eigenvalue weighted by Gasteiger charge is -2.05. The van der Waals surface area contributed by atoms with E-state index in [1.165, 1.54) is 0 Å². The zero-order valence-corrected chi connectivity index (χ0v) is 13.7. The van der Waals surface area contributed by atoms with Crippen molar-refractivity contribution < 1.29 is 18.7 Å². The number of rotatable bonds is 7. The molecule has 0 aliphatic rings. The summed E-state index contributed by atoms with van der Waals surface area (Å²) in [5.41, 5.74) is 1.70. The van der Waals surface area contributed by atoms with E-state index in [9.17, 15) is 9.59 Å². The number of esters is 1. The Balaban J connectivity index is 1.37. The van der Waals surface area contributed by atoms with Crippen LogP contribution in [0.15, 0.2) is 65.1 Å². The highest BCUT2D eigenvalue weighted by molar-refractivity contribution is 5.79. The van der Waals surface area contributed by atoms with E-state index in [0.717, 1.165) is 16.5 Å². The molecule has 2 aromatic carbocycles. The van der Waals surface area contributed by atoms with E-state index < -0.39 is 0 Å². The minimum absolute atomic E-state index is 0.0888. The van der Waals surface area contributed by atoms with Gasteiger partial charge in [0.05, 0.1) is 12.8 Å². The van der Waals surface area contributed by atoms with E-state index in [1.54, 1.807) is 0 Å². The summed E-state index contributed by atoms with van der Waals surface area (Å²) >= 11 is 0. The normalized spacial score (nSPS) is 10.6. The van der Waals surface area contributed by atoms with Crippen LogP contribution in [0.25, 0.3) is 11.0 Å². The summed E-state index contributed by atoms with van der Waals surface area (Å²) in [4.78, 5) is 23.6. The second-order valence-corrected chi connectivity index (χ2v) is 5.67. The van der Waals surface area contributed by atoms with Crippen LogP contribution >= 0.6 is 0 Å². The topological polar surface area (TPSA) is 68.5 Å². The van der Waals surface area contributed by atoms with Crippen molar-refractivity contribution in [2.24, 2.45) is 0 Å². The molecule has 0 spiro atoms. The molecule has 0 saturated carbocycles. The molecule has 0 radical (unpaired) electrons. The van der Waals surface area contributed by atoms with Gasteiger partial charge < -0.3 is 14.5 Å². The van der Waals surface area contributed by atoms with Gasteiger partial charge in [-0.3, -0.25) is 9.59 Å². The fraction of sp³-hybridized carbons (Fsp3) is 0.200. The number of amides is 1. The number of hydrogen-bond acceptors (Lipinski definition) is 4. The maximum Gasteiger partial charge on any atom is 0.308 e. The monoisotopic (exact) mass is 337 g/mol. The average molecular weight is 337 g/mol. The Morgan fingerprint density at radius 1 is 1.00 bits per heavy atom. The van der Waals surface area contributed by atoms with Crippen LogP contribution in [0.2, 0.25) is 0 Å². The van der Waals surface area contributed by atoms with Gasteiger partial charge in [-0.1, -0.05) is 48.5 Å². The molecule has 1 aromatic heterocycles. The molecule has 0 saturated heterocycles. The van der Waals surface area contributed by atoms with Gasteiger partial charge in [0.2, 0.25) is 5.91 Å². The number of fused-ring (bicyclic) bond motifs is 1. The smallest absolute Gasteiger partial charge is 0.308 e. The van der Waals surface area contributed by atoms with Crippen molar-refractivity contribution in [2.45, 2.75) is 19.4 Å². The molecule has 25 heavy (non-hydrogen) atoms. The third kappa shape index (κ3) is 4.94. The Kier molecular flexibility index (Phi) is 5.46. The highest BCUT2D eigenvalue weighted by atomic mass is 16.5. The Morgan fingerprint density at radius 3 is 2.56 bits per heavy atom. The van der Waals surface area contributed by atoms with Gasteiger partial charge in [-0.05, 0) is 17.7 Å². The molecule has 0 atom stereocenters. The minimum atomic E-state index is -0.375. The van der Waals surface area contributed by atoms with Crippen molar-refractivity contribution in [2.75, 3.05) is 6.54 Å². The quantitative estimate of drug-likeness (QED) is 0.672. The Labute approximate surface area is 145 Å². The summed E-state index contributed by atoms with van der Waals surface area (Å²) in [6, 6.07) is 18.9. The maximum atomic E-state index is 11.8. The highest BCUT2D eigenvalue weighted by Gasteiger charge is 2.09. The molecule has 0 aliphatic carbocycles. The molecule has 0 unspecified atom stereocenters. The minimum Gasteiger partial charge on any atom is -0.457 e. The van der Waals surface area contributed by atoms with Crippen molar-refractivity contribution >= 4 is 22.8 Å². The first kappa shape index (κ1) is 16.8.